The minimum atomic E-state index is -0.390. The van der Waals surface area contributed by atoms with Gasteiger partial charge in [-0.05, 0) is 24.6 Å². The number of fused-ring (bicyclic) bond motifs is 1. The van der Waals surface area contributed by atoms with E-state index in [1.165, 1.54) is 6.07 Å². The lowest BCUT2D eigenvalue weighted by atomic mass is 10.1. The third-order valence-electron chi connectivity index (χ3n) is 2.65. The Bertz CT molecular complexity index is 594. The van der Waals surface area contributed by atoms with Gasteiger partial charge in [0.25, 0.3) is 5.69 Å². The van der Waals surface area contributed by atoms with E-state index in [1.54, 1.807) is 12.1 Å². The highest BCUT2D eigenvalue weighted by Gasteiger charge is 2.10. The fraction of sp³-hybridized carbons (Fsp3) is 0.250. The lowest BCUT2D eigenvalue weighted by molar-refractivity contribution is -0.384. The number of rotatable bonds is 2. The third kappa shape index (κ3) is 2.04. The average molecular weight is 231 g/mol. The van der Waals surface area contributed by atoms with E-state index in [2.05, 4.69) is 4.98 Å². The van der Waals surface area contributed by atoms with E-state index in [9.17, 15) is 10.1 Å². The van der Waals surface area contributed by atoms with E-state index < -0.39 is 4.92 Å². The van der Waals surface area contributed by atoms with Crippen LogP contribution in [0.4, 0.5) is 11.5 Å². The van der Waals surface area contributed by atoms with Crippen LogP contribution in [0.2, 0.25) is 0 Å². The van der Waals surface area contributed by atoms with Gasteiger partial charge in [-0.3, -0.25) is 10.1 Å². The Morgan fingerprint density at radius 2 is 2.00 bits per heavy atom. The minimum Gasteiger partial charge on any atom is -0.363 e. The van der Waals surface area contributed by atoms with E-state index in [0.29, 0.717) is 0 Å². The second kappa shape index (κ2) is 4.01. The number of non-ortho nitro benzene ring substituents is 1. The number of benzene rings is 1. The van der Waals surface area contributed by atoms with Gasteiger partial charge in [-0.25, -0.2) is 4.98 Å². The summed E-state index contributed by atoms with van der Waals surface area (Å²) in [5.74, 6) is 0.851. The Labute approximate surface area is 98.8 Å². The van der Waals surface area contributed by atoms with Crippen molar-refractivity contribution in [1.29, 1.82) is 0 Å². The standard InChI is InChI=1S/C12H13N3O2/c1-8-6-12(14(2)3)13-11-5-4-9(15(16)17)7-10(8)11/h4-7H,1-3H3. The van der Waals surface area contributed by atoms with E-state index >= 15 is 0 Å². The molecule has 0 N–H and O–H groups in total. The van der Waals surface area contributed by atoms with Crippen LogP contribution in [-0.4, -0.2) is 24.0 Å². The molecule has 5 heteroatoms. The molecule has 1 aromatic carbocycles. The molecule has 2 rings (SSSR count). The Morgan fingerprint density at radius 1 is 1.29 bits per heavy atom. The first-order valence-electron chi connectivity index (χ1n) is 5.22. The van der Waals surface area contributed by atoms with Crippen LogP contribution in [0.1, 0.15) is 5.56 Å². The maximum atomic E-state index is 10.7. The van der Waals surface area contributed by atoms with Crippen molar-refractivity contribution < 1.29 is 4.92 Å². The molecule has 0 aliphatic heterocycles. The number of anilines is 1. The fourth-order valence-corrected chi connectivity index (χ4v) is 1.71. The molecule has 0 unspecified atom stereocenters. The van der Waals surface area contributed by atoms with Crippen molar-refractivity contribution in [1.82, 2.24) is 4.98 Å². The molecule has 0 aliphatic rings. The van der Waals surface area contributed by atoms with E-state index in [4.69, 9.17) is 0 Å². The summed E-state index contributed by atoms with van der Waals surface area (Å²) >= 11 is 0. The van der Waals surface area contributed by atoms with Gasteiger partial charge in [0.05, 0.1) is 10.4 Å². The SMILES string of the molecule is Cc1cc(N(C)C)nc2ccc([N+](=O)[O-])cc12. The van der Waals surface area contributed by atoms with E-state index in [1.807, 2.05) is 32.0 Å². The van der Waals surface area contributed by atoms with E-state index in [-0.39, 0.29) is 5.69 Å². The molecule has 17 heavy (non-hydrogen) atoms. The van der Waals surface area contributed by atoms with Crippen molar-refractivity contribution in [3.63, 3.8) is 0 Å². The molecule has 0 aliphatic carbocycles. The molecule has 0 atom stereocenters. The first-order valence-corrected chi connectivity index (χ1v) is 5.22. The zero-order valence-corrected chi connectivity index (χ0v) is 9.97. The Hall–Kier alpha value is -2.17. The van der Waals surface area contributed by atoms with Gasteiger partial charge in [-0.15, -0.1) is 0 Å². The molecule has 1 aromatic heterocycles. The molecule has 0 saturated carbocycles. The summed E-state index contributed by atoms with van der Waals surface area (Å²) in [4.78, 5) is 16.7. The number of aryl methyl sites for hydroxylation is 1. The Kier molecular flexibility index (Phi) is 2.67. The van der Waals surface area contributed by atoms with Gasteiger partial charge < -0.3 is 4.90 Å². The molecule has 0 saturated heterocycles. The van der Waals surface area contributed by atoms with Gasteiger partial charge in [-0.2, -0.15) is 0 Å². The largest absolute Gasteiger partial charge is 0.363 e. The third-order valence-corrected chi connectivity index (χ3v) is 2.65. The molecule has 0 bridgehead atoms. The molecule has 0 radical (unpaired) electrons. The number of hydrogen-bond donors (Lipinski definition) is 0. The first kappa shape index (κ1) is 11.3. The summed E-state index contributed by atoms with van der Waals surface area (Å²) in [6, 6.07) is 6.66. The summed E-state index contributed by atoms with van der Waals surface area (Å²) < 4.78 is 0. The average Bonchev–Trinajstić information content (AvgIpc) is 2.28. The van der Waals surface area contributed by atoms with Gasteiger partial charge >= 0.3 is 0 Å². The number of nitro benzene ring substituents is 1. The number of pyridine rings is 1. The highest BCUT2D eigenvalue weighted by atomic mass is 16.6. The van der Waals surface area contributed by atoms with Crippen LogP contribution in [-0.2, 0) is 0 Å². The lowest BCUT2D eigenvalue weighted by Crippen LogP contribution is -2.10. The fourth-order valence-electron chi connectivity index (χ4n) is 1.71. The normalized spacial score (nSPS) is 10.5. The molecule has 1 heterocycles. The quantitative estimate of drug-likeness (QED) is 0.588. The molecular formula is C12H13N3O2. The second-order valence-electron chi connectivity index (χ2n) is 4.15. The lowest BCUT2D eigenvalue weighted by Gasteiger charge is -2.13. The predicted molar refractivity (Wildman–Crippen MR) is 67.5 cm³/mol. The van der Waals surface area contributed by atoms with Crippen molar-refractivity contribution in [2.45, 2.75) is 6.92 Å². The van der Waals surface area contributed by atoms with Gasteiger partial charge in [-0.1, -0.05) is 0 Å². The zero-order valence-electron chi connectivity index (χ0n) is 9.97. The molecule has 2 aromatic rings. The van der Waals surface area contributed by atoms with Crippen LogP contribution in [0, 0.1) is 17.0 Å². The number of hydrogen-bond acceptors (Lipinski definition) is 4. The zero-order chi connectivity index (χ0) is 12.6. The number of nitrogens with zero attached hydrogens (tertiary/aromatic N) is 3. The molecule has 5 nitrogen and oxygen atoms in total. The van der Waals surface area contributed by atoms with Crippen molar-refractivity contribution >= 4 is 22.4 Å². The van der Waals surface area contributed by atoms with Gasteiger partial charge in [0.1, 0.15) is 5.82 Å². The summed E-state index contributed by atoms with van der Waals surface area (Å²) in [6.07, 6.45) is 0. The van der Waals surface area contributed by atoms with Crippen molar-refractivity contribution in [3.8, 4) is 0 Å². The van der Waals surface area contributed by atoms with Gasteiger partial charge in [0.15, 0.2) is 0 Å². The highest BCUT2D eigenvalue weighted by molar-refractivity contribution is 5.85. The van der Waals surface area contributed by atoms with Crippen molar-refractivity contribution in [3.05, 3.63) is 39.9 Å². The van der Waals surface area contributed by atoms with Crippen LogP contribution in [0.25, 0.3) is 10.9 Å². The summed E-state index contributed by atoms with van der Waals surface area (Å²) in [6.45, 7) is 1.93. The van der Waals surface area contributed by atoms with Gasteiger partial charge in [0, 0.05) is 31.6 Å². The maximum Gasteiger partial charge on any atom is 0.270 e. The van der Waals surface area contributed by atoms with Crippen LogP contribution in [0.3, 0.4) is 0 Å². The molecular weight excluding hydrogens is 218 g/mol. The number of aromatic nitrogens is 1. The molecule has 0 spiro atoms. The Morgan fingerprint density at radius 3 is 2.59 bits per heavy atom. The second-order valence-corrected chi connectivity index (χ2v) is 4.15. The van der Waals surface area contributed by atoms with Crippen LogP contribution >= 0.6 is 0 Å². The maximum absolute atomic E-state index is 10.7. The minimum absolute atomic E-state index is 0.0972. The summed E-state index contributed by atoms with van der Waals surface area (Å²) in [5.41, 5.74) is 1.86. The number of nitro groups is 1. The topological polar surface area (TPSA) is 59.3 Å². The van der Waals surface area contributed by atoms with Crippen LogP contribution < -0.4 is 4.90 Å². The Balaban J connectivity index is 2.68. The smallest absolute Gasteiger partial charge is 0.270 e. The van der Waals surface area contributed by atoms with E-state index in [0.717, 1.165) is 22.3 Å². The summed E-state index contributed by atoms with van der Waals surface area (Å²) in [7, 11) is 3.83. The van der Waals surface area contributed by atoms with Crippen molar-refractivity contribution in [2.75, 3.05) is 19.0 Å². The highest BCUT2D eigenvalue weighted by Crippen LogP contribution is 2.25. The monoisotopic (exact) mass is 231 g/mol. The first-order chi connectivity index (χ1) is 7.99. The van der Waals surface area contributed by atoms with Crippen molar-refractivity contribution in [2.24, 2.45) is 0 Å². The van der Waals surface area contributed by atoms with Crippen LogP contribution in [0.15, 0.2) is 24.3 Å². The molecule has 88 valence electrons. The van der Waals surface area contributed by atoms with Gasteiger partial charge in [0.2, 0.25) is 0 Å². The molecule has 0 fully saturated rings. The predicted octanol–water partition coefficient (Wildman–Crippen LogP) is 2.52. The summed E-state index contributed by atoms with van der Waals surface area (Å²) in [5, 5.41) is 11.5. The van der Waals surface area contributed by atoms with Crippen LogP contribution in [0.5, 0.6) is 0 Å². The molecule has 0 amide bonds.